The van der Waals surface area contributed by atoms with Crippen LogP contribution in [0.25, 0.3) is 55.0 Å². The molecule has 0 N–H and O–H groups in total. The molecule has 0 aliphatic carbocycles. The average molecular weight is 487 g/mol. The molecule has 7 aromatic rings. The van der Waals surface area contributed by atoms with Crippen molar-refractivity contribution < 1.29 is 0 Å². The van der Waals surface area contributed by atoms with Crippen LogP contribution in [0.3, 0.4) is 0 Å². The monoisotopic (exact) mass is 486 g/mol. The molecule has 3 heteroatoms. The van der Waals surface area contributed by atoms with Gasteiger partial charge in [-0.2, -0.15) is 0 Å². The summed E-state index contributed by atoms with van der Waals surface area (Å²) in [6.45, 7) is 0. The normalized spacial score (nSPS) is 11.8. The molecule has 2 nitrogen and oxygen atoms in total. The maximum atomic E-state index is 3.66. The van der Waals surface area contributed by atoms with Crippen LogP contribution in [0, 0.1) is 0 Å². The summed E-state index contributed by atoms with van der Waals surface area (Å²) >= 11 is 3.66. The summed E-state index contributed by atoms with van der Waals surface area (Å²) in [5, 5.41) is 5.15. The number of halogens is 1. The molecular formula is C30H19BrN2. The summed E-state index contributed by atoms with van der Waals surface area (Å²) in [7, 11) is 0. The third kappa shape index (κ3) is 2.66. The second kappa shape index (κ2) is 7.09. The fourth-order valence-corrected chi connectivity index (χ4v) is 5.65. The molecule has 0 radical (unpaired) electrons. The Balaban J connectivity index is 1.73. The van der Waals surface area contributed by atoms with E-state index >= 15 is 0 Å². The quantitative estimate of drug-likeness (QED) is 0.231. The van der Waals surface area contributed by atoms with Gasteiger partial charge in [-0.05, 0) is 54.6 Å². The Kier molecular flexibility index (Phi) is 4.02. The van der Waals surface area contributed by atoms with Crippen LogP contribution in [0.4, 0.5) is 0 Å². The number of fused-ring (bicyclic) bond motifs is 7. The number of rotatable bonds is 2. The van der Waals surface area contributed by atoms with Crippen LogP contribution in [-0.2, 0) is 0 Å². The first-order valence-electron chi connectivity index (χ1n) is 11.1. The van der Waals surface area contributed by atoms with E-state index < -0.39 is 0 Å². The Labute approximate surface area is 199 Å². The lowest BCUT2D eigenvalue weighted by Gasteiger charge is -2.09. The van der Waals surface area contributed by atoms with Crippen LogP contribution in [0.15, 0.2) is 120 Å². The zero-order valence-corrected chi connectivity index (χ0v) is 19.3. The predicted octanol–water partition coefficient (Wildman–Crippen LogP) is 8.64. The largest absolute Gasteiger partial charge is 0.309 e. The van der Waals surface area contributed by atoms with Gasteiger partial charge in [0.25, 0.3) is 0 Å². The highest BCUT2D eigenvalue weighted by Gasteiger charge is 2.20. The molecule has 0 aliphatic rings. The molecular weight excluding hydrogens is 468 g/mol. The summed E-state index contributed by atoms with van der Waals surface area (Å²) in [5.41, 5.74) is 7.23. The van der Waals surface area contributed by atoms with Crippen molar-refractivity contribution in [3.8, 4) is 11.4 Å². The van der Waals surface area contributed by atoms with Crippen molar-refractivity contribution in [2.45, 2.75) is 0 Å². The highest BCUT2D eigenvalue weighted by Crippen LogP contribution is 2.42. The van der Waals surface area contributed by atoms with Crippen molar-refractivity contribution in [3.63, 3.8) is 0 Å². The van der Waals surface area contributed by atoms with Gasteiger partial charge >= 0.3 is 0 Å². The molecule has 0 spiro atoms. The van der Waals surface area contributed by atoms with E-state index in [-0.39, 0.29) is 0 Å². The van der Waals surface area contributed by atoms with Crippen molar-refractivity contribution in [1.29, 1.82) is 0 Å². The molecule has 0 bridgehead atoms. The SMILES string of the molecule is Brc1cccc(-n2c3ccccc3c3c4c5ccccc5n(-c5ccccc5)c4ccc32)c1. The zero-order valence-electron chi connectivity index (χ0n) is 17.7. The molecule has 0 fully saturated rings. The van der Waals surface area contributed by atoms with Gasteiger partial charge < -0.3 is 9.13 Å². The van der Waals surface area contributed by atoms with Gasteiger partial charge in [0.15, 0.2) is 0 Å². The van der Waals surface area contributed by atoms with Gasteiger partial charge in [0.1, 0.15) is 0 Å². The first kappa shape index (κ1) is 18.7. The fourth-order valence-electron chi connectivity index (χ4n) is 5.27. The molecule has 0 unspecified atom stereocenters. The maximum absolute atomic E-state index is 3.66. The van der Waals surface area contributed by atoms with E-state index in [4.69, 9.17) is 0 Å². The van der Waals surface area contributed by atoms with Crippen LogP contribution < -0.4 is 0 Å². The van der Waals surface area contributed by atoms with E-state index in [1.165, 1.54) is 49.3 Å². The van der Waals surface area contributed by atoms with E-state index in [0.29, 0.717) is 0 Å². The summed E-state index contributed by atoms with van der Waals surface area (Å²) in [4.78, 5) is 0. The highest BCUT2D eigenvalue weighted by molar-refractivity contribution is 9.10. The molecule has 5 aromatic carbocycles. The molecule has 0 saturated heterocycles. The number of aromatic nitrogens is 2. The predicted molar refractivity (Wildman–Crippen MR) is 143 cm³/mol. The number of hydrogen-bond donors (Lipinski definition) is 0. The van der Waals surface area contributed by atoms with Gasteiger partial charge in [0, 0.05) is 37.4 Å². The Bertz CT molecular complexity index is 1820. The molecule has 33 heavy (non-hydrogen) atoms. The Morgan fingerprint density at radius 3 is 1.55 bits per heavy atom. The lowest BCUT2D eigenvalue weighted by Crippen LogP contribution is -1.94. The fraction of sp³-hybridized carbons (Fsp3) is 0. The number of hydrogen-bond acceptors (Lipinski definition) is 0. The van der Waals surface area contributed by atoms with Crippen LogP contribution in [0.5, 0.6) is 0 Å². The minimum absolute atomic E-state index is 1.08. The first-order valence-corrected chi connectivity index (χ1v) is 11.9. The van der Waals surface area contributed by atoms with Gasteiger partial charge in [-0.25, -0.2) is 0 Å². The van der Waals surface area contributed by atoms with Crippen molar-refractivity contribution in [2.75, 3.05) is 0 Å². The van der Waals surface area contributed by atoms with E-state index in [1.54, 1.807) is 0 Å². The Morgan fingerprint density at radius 1 is 0.424 bits per heavy atom. The Morgan fingerprint density at radius 2 is 0.939 bits per heavy atom. The second-order valence-corrected chi connectivity index (χ2v) is 9.29. The van der Waals surface area contributed by atoms with Crippen molar-refractivity contribution in [1.82, 2.24) is 9.13 Å². The molecule has 2 aromatic heterocycles. The van der Waals surface area contributed by atoms with E-state index in [1.807, 2.05) is 0 Å². The van der Waals surface area contributed by atoms with Crippen molar-refractivity contribution in [3.05, 3.63) is 120 Å². The number of nitrogens with zero attached hydrogens (tertiary/aromatic N) is 2. The van der Waals surface area contributed by atoms with E-state index in [2.05, 4.69) is 140 Å². The smallest absolute Gasteiger partial charge is 0.0548 e. The molecule has 0 saturated carbocycles. The number of para-hydroxylation sites is 3. The highest BCUT2D eigenvalue weighted by atomic mass is 79.9. The van der Waals surface area contributed by atoms with Gasteiger partial charge in [0.2, 0.25) is 0 Å². The summed E-state index contributed by atoms with van der Waals surface area (Å²) in [5.74, 6) is 0. The minimum atomic E-state index is 1.08. The summed E-state index contributed by atoms with van der Waals surface area (Å²) in [6, 6.07) is 41.2. The van der Waals surface area contributed by atoms with Gasteiger partial charge in [0.05, 0.1) is 22.1 Å². The van der Waals surface area contributed by atoms with Crippen LogP contribution in [-0.4, -0.2) is 9.13 Å². The third-order valence-corrected chi connectivity index (χ3v) is 7.05. The maximum Gasteiger partial charge on any atom is 0.0548 e. The van der Waals surface area contributed by atoms with Crippen LogP contribution in [0.1, 0.15) is 0 Å². The van der Waals surface area contributed by atoms with E-state index in [9.17, 15) is 0 Å². The Hall–Kier alpha value is -3.82. The average Bonchev–Trinajstić information content (AvgIpc) is 3.37. The molecule has 0 amide bonds. The lowest BCUT2D eigenvalue weighted by molar-refractivity contribution is 1.17. The second-order valence-electron chi connectivity index (χ2n) is 8.37. The molecule has 0 atom stereocenters. The summed E-state index contributed by atoms with van der Waals surface area (Å²) in [6.07, 6.45) is 0. The molecule has 2 heterocycles. The van der Waals surface area contributed by atoms with E-state index in [0.717, 1.165) is 10.2 Å². The summed E-state index contributed by atoms with van der Waals surface area (Å²) < 4.78 is 5.84. The third-order valence-electron chi connectivity index (χ3n) is 6.55. The van der Waals surface area contributed by atoms with Crippen LogP contribution in [0.2, 0.25) is 0 Å². The molecule has 156 valence electrons. The molecule has 7 rings (SSSR count). The lowest BCUT2D eigenvalue weighted by atomic mass is 10.1. The van der Waals surface area contributed by atoms with Gasteiger partial charge in [-0.3, -0.25) is 0 Å². The van der Waals surface area contributed by atoms with Gasteiger partial charge in [-0.1, -0.05) is 76.6 Å². The van der Waals surface area contributed by atoms with Crippen molar-refractivity contribution in [2.24, 2.45) is 0 Å². The standard InChI is InChI=1S/C30H19BrN2/c31-20-9-8-12-22(19-20)33-26-16-7-5-14-24(26)30-28(33)18-17-27-29(30)23-13-4-6-15-25(23)32(27)21-10-2-1-3-11-21/h1-19H. The number of benzene rings is 5. The minimum Gasteiger partial charge on any atom is -0.309 e. The molecule has 0 aliphatic heterocycles. The van der Waals surface area contributed by atoms with Gasteiger partial charge in [-0.15, -0.1) is 0 Å². The van der Waals surface area contributed by atoms with Crippen LogP contribution >= 0.6 is 15.9 Å². The topological polar surface area (TPSA) is 9.86 Å². The zero-order chi connectivity index (χ0) is 21.9. The van der Waals surface area contributed by atoms with Crippen molar-refractivity contribution >= 4 is 59.5 Å². The first-order chi connectivity index (χ1) is 16.3.